The second kappa shape index (κ2) is 12.5. The van der Waals surface area contributed by atoms with E-state index >= 15 is 0 Å². The number of fused-ring (bicyclic) bond motifs is 1. The van der Waals surface area contributed by atoms with Gasteiger partial charge in [0.2, 0.25) is 5.95 Å². The van der Waals surface area contributed by atoms with Crippen molar-refractivity contribution in [1.82, 2.24) is 29.9 Å². The van der Waals surface area contributed by atoms with Crippen LogP contribution in [0.25, 0.3) is 16.8 Å². The highest BCUT2D eigenvalue weighted by Crippen LogP contribution is 2.38. The van der Waals surface area contributed by atoms with Crippen LogP contribution in [0.5, 0.6) is 0 Å². The zero-order valence-electron chi connectivity index (χ0n) is 24.8. The van der Waals surface area contributed by atoms with Gasteiger partial charge >= 0.3 is 5.97 Å². The van der Waals surface area contributed by atoms with Crippen molar-refractivity contribution < 1.29 is 23.9 Å². The Balaban J connectivity index is 1.38. The first-order valence-corrected chi connectivity index (χ1v) is 14.6. The number of anilines is 1. The lowest BCUT2D eigenvalue weighted by atomic mass is 9.84. The van der Waals surface area contributed by atoms with Crippen LogP contribution in [0.3, 0.4) is 0 Å². The van der Waals surface area contributed by atoms with E-state index in [1.165, 1.54) is 35.4 Å². The lowest BCUT2D eigenvalue weighted by Gasteiger charge is -2.37. The number of hydrogen-bond acceptors (Lipinski definition) is 8. The van der Waals surface area contributed by atoms with Gasteiger partial charge in [-0.3, -0.25) is 9.59 Å². The fourth-order valence-corrected chi connectivity index (χ4v) is 5.73. The van der Waals surface area contributed by atoms with E-state index in [1.54, 1.807) is 35.5 Å². The number of aromatic carboxylic acids is 1. The first kappa shape index (κ1) is 30.5. The number of carboxylic acids is 1. The topological polar surface area (TPSA) is 134 Å². The largest absolute Gasteiger partial charge is 0.478 e. The molecule has 0 saturated carbocycles. The van der Waals surface area contributed by atoms with Gasteiger partial charge in [0.05, 0.1) is 16.8 Å². The summed E-state index contributed by atoms with van der Waals surface area (Å²) in [4.78, 5) is 51.6. The van der Waals surface area contributed by atoms with E-state index in [1.807, 2.05) is 32.3 Å². The van der Waals surface area contributed by atoms with Gasteiger partial charge in [0.25, 0.3) is 5.91 Å². The number of amides is 1. The highest BCUT2D eigenvalue weighted by molar-refractivity contribution is 6.30. The van der Waals surface area contributed by atoms with Crippen LogP contribution in [-0.2, 0) is 17.6 Å². The quantitative estimate of drug-likeness (QED) is 0.253. The third-order valence-corrected chi connectivity index (χ3v) is 8.10. The number of aromatic nitrogens is 5. The van der Waals surface area contributed by atoms with Crippen LogP contribution in [0, 0.1) is 5.82 Å². The van der Waals surface area contributed by atoms with E-state index in [4.69, 9.17) is 11.6 Å². The van der Waals surface area contributed by atoms with Gasteiger partial charge in [-0.15, -0.1) is 5.10 Å². The van der Waals surface area contributed by atoms with Gasteiger partial charge in [0.1, 0.15) is 11.7 Å². The van der Waals surface area contributed by atoms with Gasteiger partial charge in [0.15, 0.2) is 17.3 Å². The molecule has 0 spiro atoms. The molecule has 46 heavy (non-hydrogen) atoms. The summed E-state index contributed by atoms with van der Waals surface area (Å²) in [6.45, 7) is 0.187. The van der Waals surface area contributed by atoms with Crippen molar-refractivity contribution in [3.63, 3.8) is 0 Å². The van der Waals surface area contributed by atoms with Crippen molar-refractivity contribution in [3.05, 3.63) is 118 Å². The molecule has 1 aliphatic rings. The molecule has 0 bridgehead atoms. The van der Waals surface area contributed by atoms with Crippen molar-refractivity contribution >= 4 is 35.2 Å². The molecule has 0 radical (unpaired) electrons. The number of nitrogens with zero attached hydrogens (tertiary/aromatic N) is 7. The number of benzene rings is 3. The smallest absolute Gasteiger partial charge is 0.335 e. The molecule has 232 valence electrons. The third kappa shape index (κ3) is 5.82. The van der Waals surface area contributed by atoms with Crippen molar-refractivity contribution in [2.24, 2.45) is 0 Å². The van der Waals surface area contributed by atoms with Crippen LogP contribution in [0.1, 0.15) is 43.6 Å². The molecule has 2 aromatic heterocycles. The molecule has 13 heteroatoms. The first-order valence-electron chi connectivity index (χ1n) is 14.3. The van der Waals surface area contributed by atoms with E-state index < -0.39 is 23.7 Å². The second-order valence-corrected chi connectivity index (χ2v) is 11.4. The molecule has 1 atom stereocenters. The van der Waals surface area contributed by atoms with Crippen LogP contribution in [0.2, 0.25) is 5.02 Å². The minimum absolute atomic E-state index is 0.0209. The lowest BCUT2D eigenvalue weighted by molar-refractivity contribution is -0.123. The Morgan fingerprint density at radius 3 is 2.43 bits per heavy atom. The molecule has 1 amide bonds. The maximum atomic E-state index is 14.7. The van der Waals surface area contributed by atoms with Crippen LogP contribution < -0.4 is 4.90 Å². The predicted molar refractivity (Wildman–Crippen MR) is 168 cm³/mol. The molecule has 11 nitrogen and oxygen atoms in total. The number of halogens is 2. The molecule has 1 aliphatic heterocycles. The van der Waals surface area contributed by atoms with Gasteiger partial charge in [-0.2, -0.15) is 0 Å². The number of ketones is 1. The maximum Gasteiger partial charge on any atom is 0.335 e. The molecule has 6 rings (SSSR count). The summed E-state index contributed by atoms with van der Waals surface area (Å²) in [5.41, 5.74) is 3.79. The monoisotopic (exact) mass is 639 g/mol. The number of hydrogen-bond donors (Lipinski definition) is 1. The third-order valence-electron chi connectivity index (χ3n) is 7.81. The maximum absolute atomic E-state index is 14.7. The van der Waals surface area contributed by atoms with Crippen molar-refractivity contribution in [2.75, 3.05) is 25.5 Å². The Hall–Kier alpha value is -5.49. The Morgan fingerprint density at radius 2 is 1.74 bits per heavy atom. The van der Waals surface area contributed by atoms with E-state index in [0.717, 1.165) is 21.4 Å². The molecular formula is C33H27ClFN7O4. The average molecular weight is 640 g/mol. The summed E-state index contributed by atoms with van der Waals surface area (Å²) in [7, 11) is 3.70. The zero-order chi connectivity index (χ0) is 32.5. The molecule has 0 fully saturated rings. The van der Waals surface area contributed by atoms with E-state index in [9.17, 15) is 23.9 Å². The van der Waals surface area contributed by atoms with E-state index in [0.29, 0.717) is 23.5 Å². The van der Waals surface area contributed by atoms with Crippen LogP contribution in [0.4, 0.5) is 10.3 Å². The van der Waals surface area contributed by atoms with Gasteiger partial charge in [-0.1, -0.05) is 53.2 Å². The summed E-state index contributed by atoms with van der Waals surface area (Å²) in [6.07, 6.45) is 5.13. The SMILES string of the molecule is CN(C)c1ncc(-c2cccc3c2CCN(C(=O)c2cn(-c4cccc(Cl)c4F)nn2)C3C(=O)Cc2ccc(C(=O)O)cc2)cn1. The number of rotatable bonds is 8. The fourth-order valence-electron chi connectivity index (χ4n) is 5.56. The summed E-state index contributed by atoms with van der Waals surface area (Å²) >= 11 is 5.94. The van der Waals surface area contributed by atoms with Gasteiger partial charge in [-0.05, 0) is 52.9 Å². The van der Waals surface area contributed by atoms with Crippen molar-refractivity contribution in [2.45, 2.75) is 18.9 Å². The summed E-state index contributed by atoms with van der Waals surface area (Å²) in [5.74, 6) is -2.06. The number of carboxylic acid groups (broad SMARTS) is 1. The normalized spacial score (nSPS) is 14.1. The minimum atomic E-state index is -1.07. The molecule has 1 N–H and O–H groups in total. The van der Waals surface area contributed by atoms with Gasteiger partial charge in [0, 0.05) is 45.0 Å². The zero-order valence-corrected chi connectivity index (χ0v) is 25.5. The molecule has 3 aromatic carbocycles. The number of Topliss-reactive ketones (excluding diaryl/α,β-unsaturated/α-hetero) is 1. The summed E-state index contributed by atoms with van der Waals surface area (Å²) in [6, 6.07) is 15.0. The lowest BCUT2D eigenvalue weighted by Crippen LogP contribution is -2.44. The average Bonchev–Trinajstić information content (AvgIpc) is 3.55. The van der Waals surface area contributed by atoms with Crippen molar-refractivity contribution in [1.29, 1.82) is 0 Å². The Bertz CT molecular complexity index is 1960. The Kier molecular flexibility index (Phi) is 8.29. The fraction of sp³-hybridized carbons (Fsp3) is 0.182. The molecule has 0 aliphatic carbocycles. The van der Waals surface area contributed by atoms with E-state index in [2.05, 4.69) is 20.3 Å². The Labute approximate surface area is 267 Å². The second-order valence-electron chi connectivity index (χ2n) is 11.0. The first-order chi connectivity index (χ1) is 22.1. The van der Waals surface area contributed by atoms with Crippen molar-refractivity contribution in [3.8, 4) is 16.8 Å². The highest BCUT2D eigenvalue weighted by Gasteiger charge is 2.38. The van der Waals surface area contributed by atoms with Crippen LogP contribution >= 0.6 is 11.6 Å². The number of carbonyl (C=O) groups excluding carboxylic acids is 2. The predicted octanol–water partition coefficient (Wildman–Crippen LogP) is 4.83. The Morgan fingerprint density at radius 1 is 1.02 bits per heavy atom. The molecule has 5 aromatic rings. The summed E-state index contributed by atoms with van der Waals surface area (Å²) < 4.78 is 15.8. The minimum Gasteiger partial charge on any atom is -0.478 e. The standard InChI is InChI=1S/C33H27ClFN7O4/c1-40(2)33-36-16-21(17-37-33)22-5-3-6-24-23(22)13-14-41(30(24)28(43)15-19-9-11-20(12-10-19)32(45)46)31(44)26-18-42(39-38-26)27-8-4-7-25(34)29(27)35/h3-12,16-18,30H,13-15H2,1-2H3,(H,45,46). The van der Waals surface area contributed by atoms with E-state index in [-0.39, 0.29) is 40.7 Å². The van der Waals surface area contributed by atoms with Gasteiger partial charge < -0.3 is 14.9 Å². The van der Waals surface area contributed by atoms with Gasteiger partial charge in [-0.25, -0.2) is 23.8 Å². The molecule has 0 saturated heterocycles. The molecular weight excluding hydrogens is 613 g/mol. The van der Waals surface area contributed by atoms with Crippen LogP contribution in [-0.4, -0.2) is 73.3 Å². The molecule has 1 unspecified atom stereocenters. The summed E-state index contributed by atoms with van der Waals surface area (Å²) in [5, 5.41) is 17.1. The molecule has 3 heterocycles. The highest BCUT2D eigenvalue weighted by atomic mass is 35.5. The number of carbonyl (C=O) groups is 3. The van der Waals surface area contributed by atoms with Crippen LogP contribution in [0.15, 0.2) is 79.3 Å².